The molecule has 1 fully saturated rings. The van der Waals surface area contributed by atoms with Crippen molar-refractivity contribution < 1.29 is 13.2 Å². The van der Waals surface area contributed by atoms with Crippen LogP contribution < -0.4 is 4.74 Å². The molecule has 7 heteroatoms. The Morgan fingerprint density at radius 3 is 2.12 bits per heavy atom. The first-order valence-corrected chi connectivity index (χ1v) is 9.74. The van der Waals surface area contributed by atoms with Crippen molar-refractivity contribution in [3.05, 3.63) is 24.3 Å². The van der Waals surface area contributed by atoms with Crippen molar-refractivity contribution in [2.45, 2.75) is 30.8 Å². The van der Waals surface area contributed by atoms with Gasteiger partial charge in [-0.3, -0.25) is 4.90 Å². The summed E-state index contributed by atoms with van der Waals surface area (Å²) in [5.74, 6) is 0.657. The molecule has 1 heterocycles. The lowest BCUT2D eigenvalue weighted by Gasteiger charge is -2.44. The van der Waals surface area contributed by atoms with E-state index in [0.717, 1.165) is 13.1 Å². The number of hydrogen-bond donors (Lipinski definition) is 0. The molecule has 1 aromatic carbocycles. The van der Waals surface area contributed by atoms with Crippen molar-refractivity contribution >= 4 is 10.0 Å². The van der Waals surface area contributed by atoms with E-state index in [1.807, 2.05) is 0 Å². The predicted molar refractivity (Wildman–Crippen MR) is 95.9 cm³/mol. The zero-order chi connectivity index (χ0) is 17.9. The highest BCUT2D eigenvalue weighted by Gasteiger charge is 2.35. The zero-order valence-corrected chi connectivity index (χ0v) is 16.1. The number of piperazine rings is 1. The average molecular weight is 356 g/mol. The van der Waals surface area contributed by atoms with E-state index >= 15 is 0 Å². The van der Waals surface area contributed by atoms with Gasteiger partial charge in [-0.05, 0) is 52.2 Å². The quantitative estimate of drug-likeness (QED) is 0.771. The lowest BCUT2D eigenvalue weighted by Crippen LogP contribution is -2.58. The fourth-order valence-electron chi connectivity index (χ4n) is 3.16. The Kier molecular flexibility index (Phi) is 6.25. The monoisotopic (exact) mass is 355 g/mol. The SMILES string of the molecule is COc1ccc(S(=O)(=O)N2CC(C)N(CCN(C)C)C(C)C2)cc1. The molecule has 1 saturated heterocycles. The minimum Gasteiger partial charge on any atom is -0.497 e. The van der Waals surface area contributed by atoms with Gasteiger partial charge in [0.1, 0.15) is 5.75 Å². The molecule has 0 bridgehead atoms. The molecule has 2 rings (SSSR count). The highest BCUT2D eigenvalue weighted by molar-refractivity contribution is 7.89. The van der Waals surface area contributed by atoms with Crippen LogP contribution in [0.4, 0.5) is 0 Å². The third-order valence-electron chi connectivity index (χ3n) is 4.57. The van der Waals surface area contributed by atoms with Gasteiger partial charge in [-0.25, -0.2) is 8.42 Å². The maximum Gasteiger partial charge on any atom is 0.243 e. The Bertz CT molecular complexity index is 619. The molecule has 1 aromatic rings. The van der Waals surface area contributed by atoms with E-state index in [9.17, 15) is 8.42 Å². The van der Waals surface area contributed by atoms with Gasteiger partial charge >= 0.3 is 0 Å². The Morgan fingerprint density at radius 2 is 1.67 bits per heavy atom. The molecule has 136 valence electrons. The number of nitrogens with zero attached hydrogens (tertiary/aromatic N) is 3. The number of benzene rings is 1. The van der Waals surface area contributed by atoms with Crippen LogP contribution >= 0.6 is 0 Å². The summed E-state index contributed by atoms with van der Waals surface area (Å²) in [6.07, 6.45) is 0. The normalized spacial score (nSPS) is 23.6. The maximum absolute atomic E-state index is 12.9. The molecule has 0 aliphatic carbocycles. The Morgan fingerprint density at radius 1 is 1.12 bits per heavy atom. The van der Waals surface area contributed by atoms with Crippen LogP contribution in [0.25, 0.3) is 0 Å². The van der Waals surface area contributed by atoms with Gasteiger partial charge in [0.05, 0.1) is 12.0 Å². The van der Waals surface area contributed by atoms with Crippen LogP contribution in [0.2, 0.25) is 0 Å². The van der Waals surface area contributed by atoms with Crippen LogP contribution in [0.3, 0.4) is 0 Å². The average Bonchev–Trinajstić information content (AvgIpc) is 2.53. The smallest absolute Gasteiger partial charge is 0.243 e. The molecule has 24 heavy (non-hydrogen) atoms. The van der Waals surface area contributed by atoms with Gasteiger partial charge in [0.25, 0.3) is 0 Å². The number of likely N-dealkylation sites (N-methyl/N-ethyl adjacent to an activating group) is 1. The minimum atomic E-state index is -3.47. The van der Waals surface area contributed by atoms with Gasteiger partial charge in [-0.15, -0.1) is 0 Å². The number of sulfonamides is 1. The molecule has 0 N–H and O–H groups in total. The first-order chi connectivity index (χ1) is 11.3. The van der Waals surface area contributed by atoms with Crippen molar-refractivity contribution in [1.82, 2.24) is 14.1 Å². The van der Waals surface area contributed by atoms with E-state index in [4.69, 9.17) is 4.74 Å². The third kappa shape index (κ3) is 4.27. The summed E-state index contributed by atoms with van der Waals surface area (Å²) >= 11 is 0. The molecule has 6 nitrogen and oxygen atoms in total. The van der Waals surface area contributed by atoms with Crippen LogP contribution in [0.5, 0.6) is 5.75 Å². The van der Waals surface area contributed by atoms with Crippen molar-refractivity contribution in [2.75, 3.05) is 47.4 Å². The second kappa shape index (κ2) is 7.82. The summed E-state index contributed by atoms with van der Waals surface area (Å²) in [6, 6.07) is 6.99. The van der Waals surface area contributed by atoms with Crippen molar-refractivity contribution in [3.63, 3.8) is 0 Å². The lowest BCUT2D eigenvalue weighted by molar-refractivity contribution is 0.0708. The molecule has 0 spiro atoms. The van der Waals surface area contributed by atoms with Crippen LogP contribution in [-0.4, -0.2) is 82.0 Å². The van der Waals surface area contributed by atoms with Crippen molar-refractivity contribution in [3.8, 4) is 5.75 Å². The summed E-state index contributed by atoms with van der Waals surface area (Å²) < 4.78 is 32.5. The van der Waals surface area contributed by atoms with Crippen molar-refractivity contribution in [1.29, 1.82) is 0 Å². The van der Waals surface area contributed by atoms with Crippen LogP contribution in [0.1, 0.15) is 13.8 Å². The van der Waals surface area contributed by atoms with Crippen molar-refractivity contribution in [2.24, 2.45) is 0 Å². The van der Waals surface area contributed by atoms with Gasteiger partial charge in [-0.2, -0.15) is 4.31 Å². The number of ether oxygens (including phenoxy) is 1. The van der Waals surface area contributed by atoms with E-state index in [1.165, 1.54) is 0 Å². The summed E-state index contributed by atoms with van der Waals surface area (Å²) in [5.41, 5.74) is 0. The molecule has 2 unspecified atom stereocenters. The summed E-state index contributed by atoms with van der Waals surface area (Å²) in [6.45, 7) is 7.16. The predicted octanol–water partition coefficient (Wildman–Crippen LogP) is 1.34. The van der Waals surface area contributed by atoms with Gasteiger partial charge in [0.15, 0.2) is 0 Å². The Labute approximate surface area is 146 Å². The fraction of sp³-hybridized carbons (Fsp3) is 0.647. The lowest BCUT2D eigenvalue weighted by atomic mass is 10.1. The molecule has 2 atom stereocenters. The summed E-state index contributed by atoms with van der Waals surface area (Å²) in [4.78, 5) is 4.87. The van der Waals surface area contributed by atoms with Crippen LogP contribution in [-0.2, 0) is 10.0 Å². The largest absolute Gasteiger partial charge is 0.497 e. The standard InChI is InChI=1S/C17H29N3O3S/c1-14-12-19(13-15(2)20(14)11-10-18(3)4)24(21,22)17-8-6-16(23-5)7-9-17/h6-9,14-15H,10-13H2,1-5H3. The second-order valence-corrected chi connectivity index (χ2v) is 8.67. The Balaban J connectivity index is 2.12. The molecule has 0 saturated carbocycles. The molecule has 1 aliphatic heterocycles. The first kappa shape index (κ1) is 19.2. The van der Waals surface area contributed by atoms with E-state index in [1.54, 1.807) is 35.7 Å². The molecule has 1 aliphatic rings. The van der Waals surface area contributed by atoms with E-state index in [2.05, 4.69) is 37.7 Å². The number of hydrogen-bond acceptors (Lipinski definition) is 5. The van der Waals surface area contributed by atoms with Gasteiger partial charge in [-0.1, -0.05) is 0 Å². The highest BCUT2D eigenvalue weighted by atomic mass is 32.2. The number of methoxy groups -OCH3 is 1. The zero-order valence-electron chi connectivity index (χ0n) is 15.3. The second-order valence-electron chi connectivity index (χ2n) is 6.74. The summed E-state index contributed by atoms with van der Waals surface area (Å²) in [7, 11) is 2.21. The van der Waals surface area contributed by atoms with Crippen LogP contribution in [0, 0.1) is 0 Å². The Hall–Kier alpha value is -1.15. The van der Waals surface area contributed by atoms with Gasteiger partial charge in [0, 0.05) is 38.3 Å². The molecule has 0 amide bonds. The first-order valence-electron chi connectivity index (χ1n) is 8.30. The fourth-order valence-corrected chi connectivity index (χ4v) is 4.76. The molecule has 0 radical (unpaired) electrons. The van der Waals surface area contributed by atoms with E-state index in [0.29, 0.717) is 23.7 Å². The topological polar surface area (TPSA) is 53.1 Å². The van der Waals surface area contributed by atoms with E-state index < -0.39 is 10.0 Å². The van der Waals surface area contributed by atoms with Gasteiger partial charge < -0.3 is 9.64 Å². The van der Waals surface area contributed by atoms with E-state index in [-0.39, 0.29) is 12.1 Å². The van der Waals surface area contributed by atoms with Crippen LogP contribution in [0.15, 0.2) is 29.2 Å². The molecular weight excluding hydrogens is 326 g/mol. The maximum atomic E-state index is 12.9. The summed E-state index contributed by atoms with van der Waals surface area (Å²) in [5, 5.41) is 0. The third-order valence-corrected chi connectivity index (χ3v) is 6.42. The molecule has 0 aromatic heterocycles. The highest BCUT2D eigenvalue weighted by Crippen LogP contribution is 2.24. The molecular formula is C17H29N3O3S. The van der Waals surface area contributed by atoms with Gasteiger partial charge in [0.2, 0.25) is 10.0 Å². The number of rotatable bonds is 6. The minimum absolute atomic E-state index is 0.196.